The van der Waals surface area contributed by atoms with E-state index >= 15 is 0 Å². The van der Waals surface area contributed by atoms with E-state index in [9.17, 15) is 53.9 Å². The van der Waals surface area contributed by atoms with Crippen LogP contribution in [0.5, 0.6) is 5.75 Å². The average molecular weight is 923 g/mol. The van der Waals surface area contributed by atoms with E-state index in [4.69, 9.17) is 0 Å². The van der Waals surface area contributed by atoms with Crippen molar-refractivity contribution < 1.29 is 156 Å². The summed E-state index contributed by atoms with van der Waals surface area (Å²) in [6.45, 7) is 0.362. The minimum absolute atomic E-state index is 0. The van der Waals surface area contributed by atoms with Crippen LogP contribution in [-0.2, 0) is 48.7 Å². The molecule has 1 amide bonds. The summed E-state index contributed by atoms with van der Waals surface area (Å²) >= 11 is 0.315. The van der Waals surface area contributed by atoms with Gasteiger partial charge in [-0.2, -0.15) is 23.7 Å². The molecule has 1 aromatic heterocycles. The molecule has 0 aliphatic rings. The maximum absolute atomic E-state index is 14.5. The standard InChI is InChI=1S/C29H25FN8O14S4.3Na/c1-15(39)31-18-3-2-16-12-23(53-52-51-41)25(26(40)21(16)13-18)38-37-22-14-19(6-9-24(22)55(44,45)46)33-29-35-27(30)34-28(36-29)32-17-4-7-20(8-5-17)54(42,43)11-10-50-56(47,48)49;;;/h2-9,12-14,40-41H,10-11H2,1H3,(H,31,39)(H,44,45,46)(H,47,48,49)(H2,32,33,34,35,36);;;/q;3*+1/p-3. The number of hydrogen-bond acceptors (Lipinski definition) is 22. The van der Waals surface area contributed by atoms with E-state index in [0.29, 0.717) is 23.1 Å². The Morgan fingerprint density at radius 1 is 0.847 bits per heavy atom. The van der Waals surface area contributed by atoms with E-state index in [1.54, 1.807) is 0 Å². The number of sulfone groups is 1. The van der Waals surface area contributed by atoms with Gasteiger partial charge >= 0.3 is 94.8 Å². The normalized spacial score (nSPS) is 11.6. The number of amides is 1. The summed E-state index contributed by atoms with van der Waals surface area (Å²) in [6.07, 6.45) is -1.31. The van der Waals surface area contributed by atoms with Crippen LogP contribution in [-0.4, -0.2) is 72.7 Å². The van der Waals surface area contributed by atoms with Gasteiger partial charge in [-0.1, -0.05) is 6.07 Å². The Bertz CT molecular complexity index is 2690. The molecule has 5 aromatic rings. The van der Waals surface area contributed by atoms with E-state index in [1.807, 2.05) is 0 Å². The Morgan fingerprint density at radius 2 is 1.46 bits per heavy atom. The summed E-state index contributed by atoms with van der Waals surface area (Å²) in [4.78, 5) is 21.4. The molecule has 0 unspecified atom stereocenters. The summed E-state index contributed by atoms with van der Waals surface area (Å²) in [5.74, 6) is -2.64. The van der Waals surface area contributed by atoms with Crippen LogP contribution in [0.2, 0.25) is 0 Å². The Kier molecular flexibility index (Phi) is 20.1. The third kappa shape index (κ3) is 15.1. The molecule has 5 rings (SSSR count). The van der Waals surface area contributed by atoms with Crippen molar-refractivity contribution in [2.24, 2.45) is 10.2 Å². The molecule has 0 atom stereocenters. The molecule has 0 fully saturated rings. The minimum Gasteiger partial charge on any atom is -0.744 e. The van der Waals surface area contributed by atoms with Crippen molar-refractivity contribution in [3.05, 3.63) is 72.8 Å². The molecule has 0 bridgehead atoms. The fourth-order valence-corrected chi connectivity index (χ4v) is 7.22. The number of hydrogen-bond donors (Lipinski definition) is 4. The van der Waals surface area contributed by atoms with Gasteiger partial charge in [-0.25, -0.2) is 25.3 Å². The molecule has 0 saturated carbocycles. The summed E-state index contributed by atoms with van der Waals surface area (Å²) in [5, 5.41) is 41.1. The molecular weight excluding hydrogens is 901 g/mol. The predicted molar refractivity (Wildman–Crippen MR) is 187 cm³/mol. The maximum Gasteiger partial charge on any atom is 1.00 e. The number of aromatic nitrogens is 3. The van der Waals surface area contributed by atoms with Gasteiger partial charge in [0.05, 0.1) is 39.1 Å². The van der Waals surface area contributed by atoms with Crippen LogP contribution < -0.4 is 110 Å². The fourth-order valence-electron chi connectivity index (χ4n) is 4.65. The van der Waals surface area contributed by atoms with E-state index in [1.165, 1.54) is 43.3 Å². The van der Waals surface area contributed by atoms with Crippen LogP contribution in [0.15, 0.2) is 91.6 Å². The van der Waals surface area contributed by atoms with E-state index in [-0.39, 0.29) is 121 Å². The Labute approximate surface area is 404 Å². The van der Waals surface area contributed by atoms with Crippen molar-refractivity contribution in [3.8, 4) is 5.75 Å². The van der Waals surface area contributed by atoms with Gasteiger partial charge in [0.1, 0.15) is 21.5 Å². The van der Waals surface area contributed by atoms with Crippen molar-refractivity contribution in [3.63, 3.8) is 0 Å². The number of halogens is 1. The van der Waals surface area contributed by atoms with Crippen molar-refractivity contribution in [2.45, 2.75) is 21.6 Å². The Hall–Kier alpha value is -2.49. The molecule has 1 heterocycles. The Balaban J connectivity index is 0.00000400. The molecule has 30 heteroatoms. The van der Waals surface area contributed by atoms with E-state index in [2.05, 4.69) is 54.7 Å². The number of nitrogens with one attached hydrogen (secondary N) is 3. The number of azo groups is 1. The van der Waals surface area contributed by atoms with Crippen LogP contribution in [0, 0.1) is 6.08 Å². The molecule has 4 aromatic carbocycles. The third-order valence-corrected chi connectivity index (χ3v) is 10.6. The van der Waals surface area contributed by atoms with Crippen molar-refractivity contribution in [1.29, 1.82) is 0 Å². The molecule has 0 aliphatic carbocycles. The molecule has 0 saturated heterocycles. The number of carbonyl (C=O) groups is 1. The van der Waals surface area contributed by atoms with Gasteiger partial charge in [0.25, 0.3) is 0 Å². The number of benzene rings is 4. The first-order chi connectivity index (χ1) is 26.3. The minimum atomic E-state index is -5.20. The molecule has 0 spiro atoms. The zero-order chi connectivity index (χ0) is 40.8. The largest absolute Gasteiger partial charge is 1.00 e. The third-order valence-electron chi connectivity index (χ3n) is 6.92. The van der Waals surface area contributed by atoms with Gasteiger partial charge in [-0.3, -0.25) is 14.0 Å². The SMILES string of the molecule is CC(=O)Nc1ccc2cc(SOO[O-])c(N=Nc3cc(Nc4nc(F)nc(Nc5ccc(S(=O)(=O)CCOS(=O)(=O)[O-])cc5)n4)ccc3S(=O)(=O)[O-])c(O)c2c1.[Na+].[Na+].[Na+]. The zero-order valence-electron chi connectivity index (χ0n) is 30.8. The van der Waals surface area contributed by atoms with Crippen molar-refractivity contribution in [2.75, 3.05) is 28.3 Å². The average Bonchev–Trinajstić information content (AvgIpc) is 3.09. The van der Waals surface area contributed by atoms with Gasteiger partial charge in [0, 0.05) is 29.4 Å². The second kappa shape index (κ2) is 22.6. The van der Waals surface area contributed by atoms with Gasteiger partial charge in [0.15, 0.2) is 15.6 Å². The number of phenolic OH excluding ortho intramolecular Hbond substituents is 1. The number of carbonyl (C=O) groups excluding carboxylic acids is 1. The monoisotopic (exact) mass is 922 g/mol. The van der Waals surface area contributed by atoms with Gasteiger partial charge < -0.3 is 35.4 Å². The van der Waals surface area contributed by atoms with Crippen LogP contribution in [0.1, 0.15) is 6.92 Å². The number of anilines is 5. The van der Waals surface area contributed by atoms with E-state index in [0.717, 1.165) is 30.3 Å². The second-order valence-corrected chi connectivity index (χ2v) is 16.1. The Morgan fingerprint density at radius 3 is 2.05 bits per heavy atom. The van der Waals surface area contributed by atoms with E-state index < -0.39 is 82.9 Å². The molecule has 59 heavy (non-hydrogen) atoms. The number of fused-ring (bicyclic) bond motifs is 1. The van der Waals surface area contributed by atoms with Gasteiger partial charge in [0.2, 0.25) is 28.2 Å². The van der Waals surface area contributed by atoms with Gasteiger partial charge in [-0.05, 0) is 66.0 Å². The number of aromatic hydroxyl groups is 1. The van der Waals surface area contributed by atoms with Crippen LogP contribution in [0.25, 0.3) is 10.8 Å². The smallest absolute Gasteiger partial charge is 0.744 e. The zero-order valence-corrected chi connectivity index (χ0v) is 40.0. The summed E-state index contributed by atoms with van der Waals surface area (Å²) < 4.78 is 116. The first-order valence-corrected chi connectivity index (χ1v) is 20.1. The summed E-state index contributed by atoms with van der Waals surface area (Å²) in [5.41, 5.74) is -0.582. The molecule has 0 aliphatic heterocycles. The first kappa shape index (κ1) is 52.6. The summed E-state index contributed by atoms with van der Waals surface area (Å²) in [7, 11) is -14.4. The fraction of sp³-hybridized carbons (Fsp3) is 0.103. The van der Waals surface area contributed by atoms with Crippen molar-refractivity contribution >= 4 is 99.4 Å². The van der Waals surface area contributed by atoms with Crippen LogP contribution >= 0.6 is 12.0 Å². The number of phenols is 1. The quantitative estimate of drug-likeness (QED) is 0.0136. The van der Waals surface area contributed by atoms with Gasteiger partial charge in [-0.15, -0.1) is 10.2 Å². The van der Waals surface area contributed by atoms with Crippen LogP contribution in [0.4, 0.5) is 44.7 Å². The summed E-state index contributed by atoms with van der Waals surface area (Å²) in [6, 6.07) is 13.5. The van der Waals surface area contributed by atoms with Crippen LogP contribution in [0.3, 0.4) is 0 Å². The number of nitrogens with zero attached hydrogens (tertiary/aromatic N) is 5. The first-order valence-electron chi connectivity index (χ1n) is 14.9. The molecular formula is C29H22FN8Na3O14S4. The molecule has 296 valence electrons. The maximum atomic E-state index is 14.5. The second-order valence-electron chi connectivity index (χ2n) is 10.8. The predicted octanol–water partition coefficient (Wildman–Crippen LogP) is -5.87. The molecule has 4 N–H and O–H groups in total. The topological polar surface area (TPSA) is 336 Å². The number of rotatable bonds is 16. The molecule has 22 nitrogen and oxygen atoms in total. The van der Waals surface area contributed by atoms with Crippen molar-refractivity contribution in [1.82, 2.24) is 15.0 Å². The molecule has 0 radical (unpaired) electrons.